The van der Waals surface area contributed by atoms with Crippen molar-refractivity contribution in [1.82, 2.24) is 15.0 Å². The molecule has 2 aromatic heterocycles. The normalized spacial score (nSPS) is 11.3. The second-order valence-electron chi connectivity index (χ2n) is 13.4. The van der Waals surface area contributed by atoms with Crippen LogP contribution in [0.1, 0.15) is 11.4 Å². The molecule has 7 aromatic carbocycles. The van der Waals surface area contributed by atoms with E-state index in [1.165, 1.54) is 27.1 Å². The van der Waals surface area contributed by atoms with E-state index in [9.17, 15) is 0 Å². The molecule has 0 unspecified atom stereocenters. The number of pyridine rings is 1. The number of hydrogen-bond acceptors (Lipinski definition) is 3. The van der Waals surface area contributed by atoms with Crippen molar-refractivity contribution < 1.29 is 0 Å². The van der Waals surface area contributed by atoms with Crippen LogP contribution in [0.3, 0.4) is 0 Å². The van der Waals surface area contributed by atoms with Gasteiger partial charge < -0.3 is 0 Å². The van der Waals surface area contributed by atoms with Gasteiger partial charge in [0.05, 0.1) is 11.4 Å². The third-order valence-corrected chi connectivity index (χ3v) is 9.77. The Morgan fingerprint density at radius 1 is 0.308 bits per heavy atom. The topological polar surface area (TPSA) is 38.7 Å². The Labute approximate surface area is 304 Å². The van der Waals surface area contributed by atoms with Gasteiger partial charge in [-0.05, 0) is 111 Å². The van der Waals surface area contributed by atoms with Gasteiger partial charge in [0.2, 0.25) is 0 Å². The molecule has 0 amide bonds. The molecule has 0 saturated heterocycles. The minimum absolute atomic E-state index is 0.676. The average molecular weight is 666 g/mol. The number of nitrogens with zero attached hydrogens (tertiary/aromatic N) is 3. The fourth-order valence-corrected chi connectivity index (χ4v) is 7.42. The third kappa shape index (κ3) is 5.93. The second-order valence-corrected chi connectivity index (χ2v) is 13.4. The van der Waals surface area contributed by atoms with Crippen molar-refractivity contribution in [3.63, 3.8) is 0 Å². The van der Waals surface area contributed by atoms with E-state index in [2.05, 4.69) is 184 Å². The van der Waals surface area contributed by atoms with Crippen LogP contribution >= 0.6 is 0 Å². The summed E-state index contributed by atoms with van der Waals surface area (Å²) in [5, 5.41) is 4.91. The molecule has 3 nitrogen and oxygen atoms in total. The highest BCUT2D eigenvalue weighted by Crippen LogP contribution is 2.40. The van der Waals surface area contributed by atoms with Crippen LogP contribution in [-0.4, -0.2) is 15.0 Å². The first-order chi connectivity index (χ1) is 25.6. The zero-order valence-corrected chi connectivity index (χ0v) is 29.1. The van der Waals surface area contributed by atoms with Crippen LogP contribution in [0.25, 0.3) is 88.8 Å². The van der Waals surface area contributed by atoms with Gasteiger partial charge in [0.25, 0.3) is 0 Å². The fourth-order valence-electron chi connectivity index (χ4n) is 7.42. The van der Waals surface area contributed by atoms with Crippen LogP contribution in [-0.2, 0) is 0 Å². The molecule has 9 rings (SSSR count). The van der Waals surface area contributed by atoms with Crippen molar-refractivity contribution in [2.75, 3.05) is 0 Å². The average Bonchev–Trinajstić information content (AvgIpc) is 3.20. The molecule has 0 fully saturated rings. The number of aryl methyl sites for hydroxylation is 2. The van der Waals surface area contributed by atoms with Crippen molar-refractivity contribution in [2.45, 2.75) is 13.8 Å². The quantitative estimate of drug-likeness (QED) is 0.166. The molecule has 0 radical (unpaired) electrons. The predicted molar refractivity (Wildman–Crippen MR) is 217 cm³/mol. The monoisotopic (exact) mass is 665 g/mol. The number of hydrogen-bond donors (Lipinski definition) is 0. The van der Waals surface area contributed by atoms with Gasteiger partial charge in [-0.3, -0.25) is 4.98 Å². The first-order valence-corrected chi connectivity index (χ1v) is 17.7. The Morgan fingerprint density at radius 3 is 1.60 bits per heavy atom. The summed E-state index contributed by atoms with van der Waals surface area (Å²) in [5.74, 6) is 0.676. The summed E-state index contributed by atoms with van der Waals surface area (Å²) in [5.41, 5.74) is 13.6. The molecule has 0 spiro atoms. The first-order valence-electron chi connectivity index (χ1n) is 17.7. The molecule has 2 heterocycles. The second kappa shape index (κ2) is 13.2. The van der Waals surface area contributed by atoms with Crippen LogP contribution in [0, 0.1) is 13.8 Å². The molecule has 0 aliphatic rings. The highest BCUT2D eigenvalue weighted by molar-refractivity contribution is 6.14. The van der Waals surface area contributed by atoms with E-state index in [1.54, 1.807) is 0 Å². The molecule has 0 atom stereocenters. The van der Waals surface area contributed by atoms with Crippen molar-refractivity contribution in [1.29, 1.82) is 0 Å². The zero-order chi connectivity index (χ0) is 35.0. The minimum atomic E-state index is 0.676. The Bertz CT molecular complexity index is 2730. The van der Waals surface area contributed by atoms with Crippen molar-refractivity contribution >= 4 is 21.5 Å². The van der Waals surface area contributed by atoms with Gasteiger partial charge in [0.15, 0.2) is 5.82 Å². The summed E-state index contributed by atoms with van der Waals surface area (Å²) < 4.78 is 0. The van der Waals surface area contributed by atoms with Crippen LogP contribution < -0.4 is 0 Å². The van der Waals surface area contributed by atoms with E-state index in [-0.39, 0.29) is 0 Å². The van der Waals surface area contributed by atoms with Crippen molar-refractivity contribution in [3.8, 4) is 67.3 Å². The van der Waals surface area contributed by atoms with E-state index in [4.69, 9.17) is 15.0 Å². The number of benzene rings is 7. The van der Waals surface area contributed by atoms with Gasteiger partial charge in [-0.2, -0.15) is 0 Å². The number of rotatable bonds is 6. The molecule has 3 heteroatoms. The Balaban J connectivity index is 1.33. The fraction of sp³-hybridized carbons (Fsp3) is 0.0408. The summed E-state index contributed by atoms with van der Waals surface area (Å²) in [6.45, 7) is 4.11. The van der Waals surface area contributed by atoms with Crippen LogP contribution in [0.5, 0.6) is 0 Å². The Morgan fingerprint density at radius 2 is 0.846 bits per heavy atom. The lowest BCUT2D eigenvalue weighted by Crippen LogP contribution is -1.98. The molecule has 246 valence electrons. The van der Waals surface area contributed by atoms with Crippen LogP contribution in [0.4, 0.5) is 0 Å². The number of fused-ring (bicyclic) bond motifs is 3. The largest absolute Gasteiger partial charge is 0.258 e. The maximum Gasteiger partial charge on any atom is 0.160 e. The molecule has 9 aromatic rings. The van der Waals surface area contributed by atoms with Gasteiger partial charge >= 0.3 is 0 Å². The summed E-state index contributed by atoms with van der Waals surface area (Å²) in [7, 11) is 0. The number of aromatic nitrogens is 3. The maximum absolute atomic E-state index is 5.38. The highest BCUT2D eigenvalue weighted by Gasteiger charge is 2.17. The summed E-state index contributed by atoms with van der Waals surface area (Å²) >= 11 is 0. The van der Waals surface area contributed by atoms with Gasteiger partial charge in [-0.25, -0.2) is 9.97 Å². The SMILES string of the molecule is Cc1cc(-c2cc(-c3nc(-c4ccccc4)cc(-c4ccccc4-c4ccccc4)n3)cc(-c3cc4ccccc4c4ccccc34)c2)cc(C)n1. The zero-order valence-electron chi connectivity index (χ0n) is 29.1. The van der Waals surface area contributed by atoms with Crippen molar-refractivity contribution in [3.05, 3.63) is 187 Å². The van der Waals surface area contributed by atoms with Crippen LogP contribution in [0.2, 0.25) is 0 Å². The summed E-state index contributed by atoms with van der Waals surface area (Å²) in [4.78, 5) is 15.4. The lowest BCUT2D eigenvalue weighted by atomic mass is 9.90. The molecule has 0 bridgehead atoms. The van der Waals surface area contributed by atoms with E-state index in [0.29, 0.717) is 5.82 Å². The van der Waals surface area contributed by atoms with Crippen molar-refractivity contribution in [2.24, 2.45) is 0 Å². The van der Waals surface area contributed by atoms with E-state index < -0.39 is 0 Å². The smallest absolute Gasteiger partial charge is 0.160 e. The summed E-state index contributed by atoms with van der Waals surface area (Å²) in [6.07, 6.45) is 0. The first kappa shape index (κ1) is 31.3. The standard InChI is InChI=1S/C49H35N3/c1-32-25-37(26-33(2)50-32)38-27-39(46-30-36-19-9-10-21-42(36)43-22-12-13-23-44(43)46)29-40(28-38)49-51-47(35-17-7-4-8-18-35)31-48(52-49)45-24-14-11-20-41(45)34-15-5-3-6-16-34/h3-31H,1-2H3. The Hall–Kier alpha value is -6.71. The molecule has 0 N–H and O–H groups in total. The molecular weight excluding hydrogens is 631 g/mol. The van der Waals surface area contributed by atoms with Gasteiger partial charge in [-0.1, -0.05) is 133 Å². The van der Waals surface area contributed by atoms with E-state index >= 15 is 0 Å². The van der Waals surface area contributed by atoms with Gasteiger partial charge in [0.1, 0.15) is 0 Å². The lowest BCUT2D eigenvalue weighted by Gasteiger charge is -2.16. The minimum Gasteiger partial charge on any atom is -0.258 e. The molecule has 52 heavy (non-hydrogen) atoms. The van der Waals surface area contributed by atoms with E-state index in [0.717, 1.165) is 67.3 Å². The highest BCUT2D eigenvalue weighted by atomic mass is 14.9. The van der Waals surface area contributed by atoms with Gasteiger partial charge in [0, 0.05) is 28.1 Å². The molecule has 0 aliphatic carbocycles. The van der Waals surface area contributed by atoms with Gasteiger partial charge in [-0.15, -0.1) is 0 Å². The maximum atomic E-state index is 5.38. The Kier molecular flexibility index (Phi) is 7.94. The van der Waals surface area contributed by atoms with Crippen LogP contribution in [0.15, 0.2) is 176 Å². The van der Waals surface area contributed by atoms with E-state index in [1.807, 2.05) is 6.07 Å². The molecular formula is C49H35N3. The molecule has 0 saturated carbocycles. The predicted octanol–water partition coefficient (Wildman–Crippen LogP) is 12.8. The summed E-state index contributed by atoms with van der Waals surface area (Å²) in [6, 6.07) is 62.4. The molecule has 0 aliphatic heterocycles. The lowest BCUT2D eigenvalue weighted by molar-refractivity contribution is 1.12. The third-order valence-electron chi connectivity index (χ3n) is 9.77.